The molecule has 0 atom stereocenters. The maximum absolute atomic E-state index is 11.9. The van der Waals surface area contributed by atoms with Crippen LogP contribution in [0.5, 0.6) is 17.2 Å². The summed E-state index contributed by atoms with van der Waals surface area (Å²) in [5.74, 6) is 1.38. The minimum absolute atomic E-state index is 0.124. The Bertz CT molecular complexity index is 890. The first-order valence-electron chi connectivity index (χ1n) is 8.27. The van der Waals surface area contributed by atoms with Crippen molar-refractivity contribution in [3.8, 4) is 17.2 Å². The number of nitrogens with one attached hydrogen (secondary N) is 1. The maximum Gasteiger partial charge on any atom is 0.250 e. The Morgan fingerprint density at radius 3 is 2.29 bits per heavy atom. The summed E-state index contributed by atoms with van der Waals surface area (Å²) in [5, 5.41) is 10.0. The molecule has 0 aromatic heterocycles. The van der Waals surface area contributed by atoms with E-state index in [2.05, 4.69) is 15.5 Å². The van der Waals surface area contributed by atoms with Crippen molar-refractivity contribution in [1.82, 2.24) is 5.32 Å². The fourth-order valence-electron chi connectivity index (χ4n) is 2.17. The van der Waals surface area contributed by atoms with Gasteiger partial charge in [0.05, 0.1) is 27.5 Å². The van der Waals surface area contributed by atoms with Crippen molar-refractivity contribution in [2.24, 2.45) is 15.9 Å². The highest BCUT2D eigenvalue weighted by molar-refractivity contribution is 6.03. The summed E-state index contributed by atoms with van der Waals surface area (Å²) in [5.41, 5.74) is 7.24. The molecule has 0 aliphatic carbocycles. The van der Waals surface area contributed by atoms with E-state index in [4.69, 9.17) is 19.9 Å². The maximum atomic E-state index is 11.9. The molecule has 146 valence electrons. The summed E-state index contributed by atoms with van der Waals surface area (Å²) in [6, 6.07) is 12.5. The second kappa shape index (κ2) is 10.4. The van der Waals surface area contributed by atoms with Gasteiger partial charge in [0.1, 0.15) is 5.75 Å². The molecule has 8 nitrogen and oxygen atoms in total. The predicted molar refractivity (Wildman–Crippen MR) is 109 cm³/mol. The summed E-state index contributed by atoms with van der Waals surface area (Å²) < 4.78 is 15.5. The summed E-state index contributed by atoms with van der Waals surface area (Å²) in [4.78, 5) is 11.9. The molecule has 2 aromatic carbocycles. The van der Waals surface area contributed by atoms with Crippen LogP contribution >= 0.6 is 0 Å². The minimum atomic E-state index is -0.418. The molecule has 8 heteroatoms. The summed E-state index contributed by atoms with van der Waals surface area (Å²) in [7, 11) is 4.69. The molecule has 0 radical (unpaired) electrons. The third kappa shape index (κ3) is 6.17. The van der Waals surface area contributed by atoms with Crippen LogP contribution in [0.2, 0.25) is 0 Å². The number of hydrogen-bond donors (Lipinski definition) is 2. The van der Waals surface area contributed by atoms with Crippen LogP contribution in [0.3, 0.4) is 0 Å². The van der Waals surface area contributed by atoms with E-state index in [0.717, 1.165) is 16.9 Å². The van der Waals surface area contributed by atoms with Gasteiger partial charge in [0.2, 0.25) is 5.96 Å². The van der Waals surface area contributed by atoms with Crippen LogP contribution in [0, 0.1) is 0 Å². The van der Waals surface area contributed by atoms with Crippen molar-refractivity contribution in [3.63, 3.8) is 0 Å². The molecular formula is C20H22N4O4. The standard InChI is InChI=1S/C20H22N4O4/c1-26-16-8-4-14(5-9-16)7-11-19(25)23-20(21)24-22-13-15-6-10-17(27-2)18(12-15)28-3/h4-13H,1-3H3,(H3,21,23,24,25)/b11-7+,22-13+. The van der Waals surface area contributed by atoms with Crippen LogP contribution in [0.15, 0.2) is 58.7 Å². The largest absolute Gasteiger partial charge is 0.497 e. The smallest absolute Gasteiger partial charge is 0.250 e. The van der Waals surface area contributed by atoms with E-state index in [9.17, 15) is 4.79 Å². The fourth-order valence-corrected chi connectivity index (χ4v) is 2.17. The lowest BCUT2D eigenvalue weighted by Gasteiger charge is -2.07. The average molecular weight is 382 g/mol. The molecule has 2 rings (SSSR count). The number of hydrogen-bond acceptors (Lipinski definition) is 6. The van der Waals surface area contributed by atoms with Crippen molar-refractivity contribution in [1.29, 1.82) is 0 Å². The van der Waals surface area contributed by atoms with Crippen molar-refractivity contribution >= 4 is 24.2 Å². The van der Waals surface area contributed by atoms with Crippen molar-refractivity contribution < 1.29 is 19.0 Å². The number of carbonyl (C=O) groups is 1. The monoisotopic (exact) mass is 382 g/mol. The molecule has 2 aromatic rings. The molecule has 0 aliphatic heterocycles. The lowest BCUT2D eigenvalue weighted by Crippen LogP contribution is -2.35. The van der Waals surface area contributed by atoms with Gasteiger partial charge in [-0.25, -0.2) is 0 Å². The molecule has 1 amide bonds. The SMILES string of the molecule is COc1ccc(/C=C/C(=O)N/C(N)=N\N=C\c2ccc(OC)c(OC)c2)cc1. The molecule has 0 saturated heterocycles. The van der Waals surface area contributed by atoms with Crippen molar-refractivity contribution in [2.45, 2.75) is 0 Å². The number of carbonyl (C=O) groups excluding carboxylic acids is 1. The highest BCUT2D eigenvalue weighted by atomic mass is 16.5. The van der Waals surface area contributed by atoms with Crippen LogP contribution in [-0.4, -0.2) is 39.4 Å². The van der Waals surface area contributed by atoms with Gasteiger partial charge in [-0.05, 0) is 47.5 Å². The lowest BCUT2D eigenvalue weighted by molar-refractivity contribution is -0.115. The Morgan fingerprint density at radius 2 is 1.64 bits per heavy atom. The first-order valence-corrected chi connectivity index (χ1v) is 8.27. The predicted octanol–water partition coefficient (Wildman–Crippen LogP) is 2.19. The molecule has 0 aliphatic rings. The van der Waals surface area contributed by atoms with Gasteiger partial charge < -0.3 is 19.9 Å². The number of guanidine groups is 1. The van der Waals surface area contributed by atoms with Gasteiger partial charge in [-0.15, -0.1) is 5.10 Å². The van der Waals surface area contributed by atoms with Crippen LogP contribution in [0.25, 0.3) is 6.08 Å². The van der Waals surface area contributed by atoms with Gasteiger partial charge in [-0.2, -0.15) is 5.10 Å². The number of amides is 1. The van der Waals surface area contributed by atoms with Crippen LogP contribution in [0.4, 0.5) is 0 Å². The number of ether oxygens (including phenoxy) is 3. The van der Waals surface area contributed by atoms with Crippen molar-refractivity contribution in [3.05, 3.63) is 59.7 Å². The molecule has 28 heavy (non-hydrogen) atoms. The average Bonchev–Trinajstić information content (AvgIpc) is 2.72. The molecular weight excluding hydrogens is 360 g/mol. The number of nitrogens with two attached hydrogens (primary N) is 1. The van der Waals surface area contributed by atoms with Crippen LogP contribution in [-0.2, 0) is 4.79 Å². The third-order valence-electron chi connectivity index (χ3n) is 3.57. The lowest BCUT2D eigenvalue weighted by atomic mass is 10.2. The number of nitrogens with zero attached hydrogens (tertiary/aromatic N) is 2. The molecule has 0 spiro atoms. The number of rotatable bonds is 7. The van der Waals surface area contributed by atoms with E-state index in [1.807, 2.05) is 12.1 Å². The van der Waals surface area contributed by atoms with Crippen LogP contribution in [0.1, 0.15) is 11.1 Å². The van der Waals surface area contributed by atoms with Gasteiger partial charge in [-0.1, -0.05) is 12.1 Å². The second-order valence-corrected chi connectivity index (χ2v) is 5.44. The summed E-state index contributed by atoms with van der Waals surface area (Å²) in [6.07, 6.45) is 4.48. The van der Waals surface area contributed by atoms with Gasteiger partial charge in [-0.3, -0.25) is 10.1 Å². The molecule has 0 heterocycles. The zero-order chi connectivity index (χ0) is 20.4. The molecule has 0 bridgehead atoms. The Morgan fingerprint density at radius 1 is 0.964 bits per heavy atom. The Kier molecular flexibility index (Phi) is 7.59. The topological polar surface area (TPSA) is 108 Å². The Balaban J connectivity index is 1.93. The normalized spacial score (nSPS) is 11.6. The summed E-state index contributed by atoms with van der Waals surface area (Å²) in [6.45, 7) is 0. The second-order valence-electron chi connectivity index (χ2n) is 5.44. The summed E-state index contributed by atoms with van der Waals surface area (Å²) >= 11 is 0. The minimum Gasteiger partial charge on any atom is -0.497 e. The van der Waals surface area contributed by atoms with E-state index in [-0.39, 0.29) is 5.96 Å². The number of benzene rings is 2. The van der Waals surface area contributed by atoms with Crippen molar-refractivity contribution in [2.75, 3.05) is 21.3 Å². The van der Waals surface area contributed by atoms with Gasteiger partial charge in [0.25, 0.3) is 5.91 Å². The zero-order valence-electron chi connectivity index (χ0n) is 15.9. The highest BCUT2D eigenvalue weighted by Gasteiger charge is 2.03. The fraction of sp³-hybridized carbons (Fsp3) is 0.150. The molecule has 3 N–H and O–H groups in total. The molecule has 0 unspecified atom stereocenters. The zero-order valence-corrected chi connectivity index (χ0v) is 15.9. The third-order valence-corrected chi connectivity index (χ3v) is 3.57. The first kappa shape index (κ1) is 20.5. The van der Waals surface area contributed by atoms with Gasteiger partial charge in [0, 0.05) is 6.08 Å². The Hall–Kier alpha value is -3.81. The Labute approximate surface area is 163 Å². The van der Waals surface area contributed by atoms with Gasteiger partial charge in [0.15, 0.2) is 11.5 Å². The quantitative estimate of drug-likeness (QED) is 0.330. The van der Waals surface area contributed by atoms with E-state index < -0.39 is 5.91 Å². The molecule has 0 fully saturated rings. The first-order chi connectivity index (χ1) is 13.5. The molecule has 0 saturated carbocycles. The highest BCUT2D eigenvalue weighted by Crippen LogP contribution is 2.26. The van der Waals surface area contributed by atoms with E-state index in [1.54, 1.807) is 57.7 Å². The van der Waals surface area contributed by atoms with Gasteiger partial charge >= 0.3 is 0 Å². The van der Waals surface area contributed by atoms with E-state index in [1.165, 1.54) is 12.3 Å². The van der Waals surface area contributed by atoms with Crippen LogP contribution < -0.4 is 25.3 Å². The van der Waals surface area contributed by atoms with E-state index >= 15 is 0 Å². The van der Waals surface area contributed by atoms with E-state index in [0.29, 0.717) is 11.5 Å². The number of methoxy groups -OCH3 is 3.